The van der Waals surface area contributed by atoms with Crippen LogP contribution in [0.15, 0.2) is 84.4 Å². The van der Waals surface area contributed by atoms with Crippen LogP contribution in [0.25, 0.3) is 5.69 Å². The standard InChI is InChI=1S/C32H34F2N8O2/c1-22-4-11-30(23(2)16-22)39-14-12-38(13-15-39)26-6-8-27(9-7-26)41-21-37-42(31(41)43)24(3)32(44,18-40-20-35-19-36-40)28-10-5-25(33)17-29(28)34/h4-11,16-17,19-21,24,44H,12-15,18H2,1-3H3. The minimum atomic E-state index is -2.02. The van der Waals surface area contributed by atoms with Crippen LogP contribution in [0, 0.1) is 25.5 Å². The normalized spacial score (nSPS) is 15.8. The van der Waals surface area contributed by atoms with Crippen molar-refractivity contribution in [2.24, 2.45) is 0 Å². The van der Waals surface area contributed by atoms with E-state index in [1.807, 2.05) is 24.3 Å². The van der Waals surface area contributed by atoms with Crippen molar-refractivity contribution in [1.29, 1.82) is 0 Å². The second-order valence-corrected chi connectivity index (χ2v) is 11.3. The number of rotatable bonds is 8. The smallest absolute Gasteiger partial charge is 0.350 e. The van der Waals surface area contributed by atoms with E-state index in [1.165, 1.54) is 51.1 Å². The molecule has 1 aliphatic rings. The molecule has 1 saturated heterocycles. The third kappa shape index (κ3) is 5.48. The van der Waals surface area contributed by atoms with Crippen LogP contribution in [-0.4, -0.2) is 60.4 Å². The van der Waals surface area contributed by atoms with Gasteiger partial charge in [-0.15, -0.1) is 0 Å². The maximum atomic E-state index is 15.0. The molecule has 0 amide bonds. The summed E-state index contributed by atoms with van der Waals surface area (Å²) >= 11 is 0. The van der Waals surface area contributed by atoms with Crippen LogP contribution in [0.5, 0.6) is 0 Å². The van der Waals surface area contributed by atoms with Crippen molar-refractivity contribution in [3.8, 4) is 5.69 Å². The summed E-state index contributed by atoms with van der Waals surface area (Å²) < 4.78 is 32.5. The number of benzene rings is 3. The van der Waals surface area contributed by atoms with E-state index in [9.17, 15) is 18.7 Å². The summed E-state index contributed by atoms with van der Waals surface area (Å²) in [5.41, 5.74) is 2.73. The average Bonchev–Trinajstić information content (AvgIpc) is 3.66. The number of hydrogen-bond donors (Lipinski definition) is 1. The fourth-order valence-electron chi connectivity index (χ4n) is 6.00. The van der Waals surface area contributed by atoms with Gasteiger partial charge in [-0.05, 0) is 62.7 Å². The van der Waals surface area contributed by atoms with Gasteiger partial charge in [0.05, 0.1) is 18.3 Å². The van der Waals surface area contributed by atoms with Crippen LogP contribution in [0.4, 0.5) is 20.2 Å². The van der Waals surface area contributed by atoms with Crippen LogP contribution in [-0.2, 0) is 12.1 Å². The number of anilines is 2. The Morgan fingerprint density at radius 3 is 2.25 bits per heavy atom. The number of aliphatic hydroxyl groups is 1. The zero-order valence-electron chi connectivity index (χ0n) is 24.8. The third-order valence-electron chi connectivity index (χ3n) is 8.48. The van der Waals surface area contributed by atoms with E-state index in [2.05, 4.69) is 57.0 Å². The van der Waals surface area contributed by atoms with Gasteiger partial charge in [-0.1, -0.05) is 23.8 Å². The second kappa shape index (κ2) is 11.7. The van der Waals surface area contributed by atoms with Gasteiger partial charge in [0, 0.05) is 49.2 Å². The largest absolute Gasteiger partial charge is 0.381 e. The van der Waals surface area contributed by atoms with Gasteiger partial charge in [0.2, 0.25) is 0 Å². The second-order valence-electron chi connectivity index (χ2n) is 11.3. The van der Waals surface area contributed by atoms with Gasteiger partial charge in [-0.3, -0.25) is 0 Å². The summed E-state index contributed by atoms with van der Waals surface area (Å²) in [6.07, 6.45) is 4.01. The van der Waals surface area contributed by atoms with Gasteiger partial charge < -0.3 is 14.9 Å². The van der Waals surface area contributed by atoms with Gasteiger partial charge in [0.15, 0.2) is 0 Å². The number of aromatic nitrogens is 6. The number of piperazine rings is 1. The predicted octanol–water partition coefficient (Wildman–Crippen LogP) is 4.00. The van der Waals surface area contributed by atoms with Crippen molar-refractivity contribution in [2.75, 3.05) is 36.0 Å². The van der Waals surface area contributed by atoms with Crippen LogP contribution >= 0.6 is 0 Å². The summed E-state index contributed by atoms with van der Waals surface area (Å²) in [5.74, 6) is -1.73. The van der Waals surface area contributed by atoms with Gasteiger partial charge in [-0.2, -0.15) is 10.2 Å². The lowest BCUT2D eigenvalue weighted by Gasteiger charge is -2.38. The fraction of sp³-hybridized carbons (Fsp3) is 0.312. The molecule has 12 heteroatoms. The topological polar surface area (TPSA) is 97.2 Å². The molecule has 2 unspecified atom stereocenters. The van der Waals surface area contributed by atoms with Gasteiger partial charge in [0.1, 0.15) is 36.2 Å². The minimum Gasteiger partial charge on any atom is -0.381 e. The SMILES string of the molecule is Cc1ccc(N2CCN(c3ccc(-n4cnn(C(C)C(O)(Cn5cncn5)c5ccc(F)cc5F)c4=O)cc3)CC2)c(C)c1. The molecule has 44 heavy (non-hydrogen) atoms. The van der Waals surface area contributed by atoms with E-state index >= 15 is 0 Å². The molecular formula is C32H34F2N8O2. The Balaban J connectivity index is 1.21. The van der Waals surface area contributed by atoms with E-state index in [4.69, 9.17) is 0 Å². The van der Waals surface area contributed by atoms with Crippen molar-refractivity contribution in [1.82, 2.24) is 29.1 Å². The van der Waals surface area contributed by atoms with E-state index in [-0.39, 0.29) is 12.1 Å². The average molecular weight is 601 g/mol. The molecule has 0 bridgehead atoms. The highest BCUT2D eigenvalue weighted by Crippen LogP contribution is 2.36. The molecule has 3 heterocycles. The Bertz CT molecular complexity index is 1810. The first-order chi connectivity index (χ1) is 21.1. The Kier molecular flexibility index (Phi) is 7.76. The zero-order valence-corrected chi connectivity index (χ0v) is 24.8. The molecule has 0 spiro atoms. The van der Waals surface area contributed by atoms with Crippen molar-refractivity contribution < 1.29 is 13.9 Å². The lowest BCUT2D eigenvalue weighted by molar-refractivity contribution is -0.0381. The summed E-state index contributed by atoms with van der Waals surface area (Å²) in [7, 11) is 0. The maximum absolute atomic E-state index is 15.0. The van der Waals surface area contributed by atoms with Crippen molar-refractivity contribution in [2.45, 2.75) is 39.0 Å². The van der Waals surface area contributed by atoms with E-state index in [0.717, 1.165) is 42.6 Å². The number of hydrogen-bond acceptors (Lipinski definition) is 7. The molecule has 0 saturated carbocycles. The van der Waals surface area contributed by atoms with Crippen LogP contribution in [0.2, 0.25) is 0 Å². The molecule has 0 aliphatic carbocycles. The summed E-state index contributed by atoms with van der Waals surface area (Å²) in [6.45, 7) is 9.11. The van der Waals surface area contributed by atoms with Crippen molar-refractivity contribution in [3.05, 3.63) is 118 Å². The Labute approximate surface area is 253 Å². The van der Waals surface area contributed by atoms with E-state index in [0.29, 0.717) is 11.8 Å². The predicted molar refractivity (Wildman–Crippen MR) is 163 cm³/mol. The zero-order chi connectivity index (χ0) is 31.0. The van der Waals surface area contributed by atoms with Crippen LogP contribution < -0.4 is 15.5 Å². The van der Waals surface area contributed by atoms with Crippen molar-refractivity contribution in [3.63, 3.8) is 0 Å². The molecular weight excluding hydrogens is 566 g/mol. The Morgan fingerprint density at radius 1 is 0.886 bits per heavy atom. The molecule has 3 aromatic carbocycles. The molecule has 1 aliphatic heterocycles. The third-order valence-corrected chi connectivity index (χ3v) is 8.48. The summed E-state index contributed by atoms with van der Waals surface area (Å²) in [5, 5.41) is 20.2. The van der Waals surface area contributed by atoms with E-state index < -0.39 is 29.0 Å². The first-order valence-electron chi connectivity index (χ1n) is 14.5. The first kappa shape index (κ1) is 29.2. The number of halogens is 2. The molecule has 6 rings (SSSR count). The van der Waals surface area contributed by atoms with Crippen LogP contribution in [0.1, 0.15) is 29.7 Å². The van der Waals surface area contributed by atoms with Gasteiger partial charge in [-0.25, -0.2) is 32.5 Å². The van der Waals surface area contributed by atoms with Gasteiger partial charge in [0.25, 0.3) is 0 Å². The first-order valence-corrected chi connectivity index (χ1v) is 14.5. The maximum Gasteiger partial charge on any atom is 0.350 e. The lowest BCUT2D eigenvalue weighted by atomic mass is 9.86. The number of nitrogens with zero attached hydrogens (tertiary/aromatic N) is 8. The highest BCUT2D eigenvalue weighted by Gasteiger charge is 2.42. The highest BCUT2D eigenvalue weighted by molar-refractivity contribution is 5.57. The molecule has 228 valence electrons. The quantitative estimate of drug-likeness (QED) is 0.288. The molecule has 1 fully saturated rings. The Morgan fingerprint density at radius 2 is 1.59 bits per heavy atom. The molecule has 5 aromatic rings. The minimum absolute atomic E-state index is 0.190. The lowest BCUT2D eigenvalue weighted by Crippen LogP contribution is -2.46. The Hall–Kier alpha value is -4.84. The molecule has 10 nitrogen and oxygen atoms in total. The molecule has 1 N–H and O–H groups in total. The monoisotopic (exact) mass is 600 g/mol. The molecule has 0 radical (unpaired) electrons. The van der Waals surface area contributed by atoms with Gasteiger partial charge >= 0.3 is 5.69 Å². The number of aryl methyl sites for hydroxylation is 2. The van der Waals surface area contributed by atoms with Crippen molar-refractivity contribution >= 4 is 11.4 Å². The summed E-state index contributed by atoms with van der Waals surface area (Å²) in [4.78, 5) is 22.2. The summed E-state index contributed by atoms with van der Waals surface area (Å²) in [6, 6.07) is 16.1. The fourth-order valence-corrected chi connectivity index (χ4v) is 6.00. The van der Waals surface area contributed by atoms with Crippen LogP contribution in [0.3, 0.4) is 0 Å². The molecule has 2 atom stereocenters. The van der Waals surface area contributed by atoms with E-state index in [1.54, 1.807) is 6.92 Å². The molecule has 2 aromatic heterocycles. The highest BCUT2D eigenvalue weighted by atomic mass is 19.1.